The van der Waals surface area contributed by atoms with E-state index in [9.17, 15) is 26.3 Å². The van der Waals surface area contributed by atoms with Crippen molar-refractivity contribution in [3.05, 3.63) is 65.2 Å². The van der Waals surface area contributed by atoms with Gasteiger partial charge in [-0.3, -0.25) is 0 Å². The molecule has 1 N–H and O–H groups in total. The van der Waals surface area contributed by atoms with Crippen LogP contribution in [0.5, 0.6) is 11.5 Å². The van der Waals surface area contributed by atoms with Gasteiger partial charge in [0, 0.05) is 11.6 Å². The van der Waals surface area contributed by atoms with Crippen molar-refractivity contribution < 1.29 is 46.0 Å². The van der Waals surface area contributed by atoms with Crippen molar-refractivity contribution in [3.63, 3.8) is 0 Å². The lowest BCUT2D eigenvalue weighted by molar-refractivity contribution is -0.399. The first kappa shape index (κ1) is 22.0. The molecule has 0 aromatic heterocycles. The molecule has 0 bridgehead atoms. The van der Waals surface area contributed by atoms with Crippen LogP contribution in [-0.4, -0.2) is 23.3 Å². The third-order valence-electron chi connectivity index (χ3n) is 4.24. The molecular weight excluding hydrogens is 418 g/mol. The molecule has 2 aromatic rings. The van der Waals surface area contributed by atoms with Crippen molar-refractivity contribution >= 4 is 5.57 Å². The molecule has 3 rings (SSSR count). The van der Waals surface area contributed by atoms with E-state index in [-0.39, 0.29) is 11.5 Å². The highest BCUT2D eigenvalue weighted by atomic mass is 19.4. The highest BCUT2D eigenvalue weighted by molar-refractivity contribution is 5.85. The molecule has 1 unspecified atom stereocenters. The van der Waals surface area contributed by atoms with Gasteiger partial charge >= 0.3 is 18.6 Å². The lowest BCUT2D eigenvalue weighted by atomic mass is 9.89. The second-order valence-electron chi connectivity index (χ2n) is 7.09. The van der Waals surface area contributed by atoms with Gasteiger partial charge in [-0.1, -0.05) is 12.1 Å². The second-order valence-corrected chi connectivity index (χ2v) is 7.09. The molecule has 0 amide bonds. The summed E-state index contributed by atoms with van der Waals surface area (Å²) in [6.45, 7) is 3.37. The largest absolute Gasteiger partial charge is 0.483 e. The summed E-state index contributed by atoms with van der Waals surface area (Å²) in [5.74, 6) is -0.122. The van der Waals surface area contributed by atoms with Gasteiger partial charge in [-0.05, 0) is 55.3 Å². The topological polar surface area (TPSA) is 47.9 Å². The molecule has 1 atom stereocenters. The SMILES string of the molecule is CC1(C)C=C(c2ccc(C(F)(F)F)cc2)c2ccc(OC(OO)C(F)(F)F)cc2O1. The first-order valence-electron chi connectivity index (χ1n) is 8.58. The van der Waals surface area contributed by atoms with Crippen molar-refractivity contribution in [1.82, 2.24) is 0 Å². The van der Waals surface area contributed by atoms with Crippen molar-refractivity contribution in [1.29, 1.82) is 0 Å². The molecule has 10 heteroatoms. The standard InChI is InChI=1S/C20H16F6O4/c1-18(2)10-15(11-3-5-12(6-4-11)19(21,22)23)14-8-7-13(9-16(14)29-18)28-17(30-27)20(24,25)26/h3-10,17,27H,1-2H3. The molecule has 162 valence electrons. The lowest BCUT2D eigenvalue weighted by Crippen LogP contribution is -2.36. The Labute approximate surface area is 167 Å². The van der Waals surface area contributed by atoms with E-state index in [1.165, 1.54) is 30.3 Å². The summed E-state index contributed by atoms with van der Waals surface area (Å²) in [6.07, 6.45) is -10.6. The van der Waals surface area contributed by atoms with Gasteiger partial charge in [0.15, 0.2) is 0 Å². The molecule has 1 heterocycles. The lowest BCUT2D eigenvalue weighted by Gasteiger charge is -2.32. The molecule has 4 nitrogen and oxygen atoms in total. The molecular formula is C20H16F6O4. The summed E-state index contributed by atoms with van der Waals surface area (Å²) < 4.78 is 87.1. The third kappa shape index (κ3) is 4.71. The van der Waals surface area contributed by atoms with Crippen LogP contribution in [0.1, 0.15) is 30.5 Å². The average Bonchev–Trinajstić information content (AvgIpc) is 2.63. The van der Waals surface area contributed by atoms with Crippen LogP contribution in [0.4, 0.5) is 26.3 Å². The van der Waals surface area contributed by atoms with E-state index < -0.39 is 29.8 Å². The molecule has 0 radical (unpaired) electrons. The third-order valence-corrected chi connectivity index (χ3v) is 4.24. The van der Waals surface area contributed by atoms with E-state index in [2.05, 4.69) is 9.62 Å². The minimum atomic E-state index is -4.98. The van der Waals surface area contributed by atoms with Gasteiger partial charge in [0.1, 0.15) is 17.1 Å². The first-order valence-corrected chi connectivity index (χ1v) is 8.58. The second kappa shape index (κ2) is 7.51. The highest BCUT2D eigenvalue weighted by Crippen LogP contribution is 2.42. The quantitative estimate of drug-likeness (QED) is 0.275. The Kier molecular flexibility index (Phi) is 5.50. The molecule has 0 saturated carbocycles. The van der Waals surface area contributed by atoms with Gasteiger partial charge in [0.05, 0.1) is 5.56 Å². The zero-order chi connectivity index (χ0) is 22.3. The Morgan fingerprint density at radius 1 is 0.967 bits per heavy atom. The van der Waals surface area contributed by atoms with E-state index in [1.54, 1.807) is 19.9 Å². The molecule has 0 fully saturated rings. The van der Waals surface area contributed by atoms with Crippen molar-refractivity contribution in [2.45, 2.75) is 38.1 Å². The molecule has 0 spiro atoms. The molecule has 0 aliphatic carbocycles. The molecule has 30 heavy (non-hydrogen) atoms. The highest BCUT2D eigenvalue weighted by Gasteiger charge is 2.44. The number of fused-ring (bicyclic) bond motifs is 1. The van der Waals surface area contributed by atoms with Crippen LogP contribution in [0.25, 0.3) is 5.57 Å². The van der Waals surface area contributed by atoms with E-state index in [4.69, 9.17) is 9.99 Å². The van der Waals surface area contributed by atoms with Crippen LogP contribution >= 0.6 is 0 Å². The predicted octanol–water partition coefficient (Wildman–Crippen LogP) is 6.06. The summed E-state index contributed by atoms with van der Waals surface area (Å²) in [4.78, 5) is 3.34. The molecule has 1 aliphatic heterocycles. The summed E-state index contributed by atoms with van der Waals surface area (Å²) >= 11 is 0. The van der Waals surface area contributed by atoms with Crippen LogP contribution in [-0.2, 0) is 11.1 Å². The van der Waals surface area contributed by atoms with Gasteiger partial charge in [0.25, 0.3) is 0 Å². The van der Waals surface area contributed by atoms with Crippen molar-refractivity contribution in [2.24, 2.45) is 0 Å². The number of alkyl halides is 6. The van der Waals surface area contributed by atoms with Gasteiger partial charge in [0.2, 0.25) is 0 Å². The van der Waals surface area contributed by atoms with Crippen molar-refractivity contribution in [2.75, 3.05) is 0 Å². The fourth-order valence-electron chi connectivity index (χ4n) is 2.97. The zero-order valence-electron chi connectivity index (χ0n) is 15.6. The molecule has 0 saturated heterocycles. The number of benzene rings is 2. The normalized spacial score (nSPS) is 16.9. The maximum Gasteiger partial charge on any atom is 0.454 e. The number of hydrogen-bond donors (Lipinski definition) is 1. The zero-order valence-corrected chi connectivity index (χ0v) is 15.6. The average molecular weight is 434 g/mol. The van der Waals surface area contributed by atoms with Crippen LogP contribution in [0.3, 0.4) is 0 Å². The van der Waals surface area contributed by atoms with Crippen LogP contribution in [0, 0.1) is 0 Å². The Morgan fingerprint density at radius 3 is 2.13 bits per heavy atom. The van der Waals surface area contributed by atoms with Crippen LogP contribution in [0.15, 0.2) is 48.5 Å². The Balaban J connectivity index is 1.98. The van der Waals surface area contributed by atoms with E-state index >= 15 is 0 Å². The predicted molar refractivity (Wildman–Crippen MR) is 93.9 cm³/mol. The monoisotopic (exact) mass is 434 g/mol. The number of ether oxygens (including phenoxy) is 2. The fraction of sp³-hybridized carbons (Fsp3) is 0.300. The first-order chi connectivity index (χ1) is 13.8. The summed E-state index contributed by atoms with van der Waals surface area (Å²) in [5, 5.41) is 8.45. The molecule has 1 aliphatic rings. The fourth-order valence-corrected chi connectivity index (χ4v) is 2.97. The number of hydrogen-bond acceptors (Lipinski definition) is 4. The van der Waals surface area contributed by atoms with E-state index in [0.29, 0.717) is 16.7 Å². The Hall–Kier alpha value is -2.72. The molecule has 2 aromatic carbocycles. The van der Waals surface area contributed by atoms with Crippen LogP contribution in [0.2, 0.25) is 0 Å². The summed E-state index contributed by atoms with van der Waals surface area (Å²) in [5.41, 5.74) is -0.228. The Morgan fingerprint density at radius 2 is 1.60 bits per heavy atom. The maximum absolute atomic E-state index is 12.8. The summed E-state index contributed by atoms with van der Waals surface area (Å²) in [7, 11) is 0. The number of rotatable bonds is 4. The van der Waals surface area contributed by atoms with Gasteiger partial charge in [-0.25, -0.2) is 5.26 Å². The maximum atomic E-state index is 12.8. The Bertz CT molecular complexity index is 945. The van der Waals surface area contributed by atoms with Gasteiger partial charge in [-0.15, -0.1) is 0 Å². The van der Waals surface area contributed by atoms with Crippen molar-refractivity contribution in [3.8, 4) is 11.5 Å². The van der Waals surface area contributed by atoms with E-state index in [1.807, 2.05) is 0 Å². The van der Waals surface area contributed by atoms with Gasteiger partial charge in [-0.2, -0.15) is 31.2 Å². The minimum Gasteiger partial charge on any atom is -0.483 e. The minimum absolute atomic E-state index is 0.161. The van der Waals surface area contributed by atoms with Gasteiger partial charge < -0.3 is 9.47 Å². The van der Waals surface area contributed by atoms with Crippen LogP contribution < -0.4 is 9.47 Å². The summed E-state index contributed by atoms with van der Waals surface area (Å²) in [6, 6.07) is 8.31. The van der Waals surface area contributed by atoms with E-state index in [0.717, 1.165) is 12.1 Å². The smallest absolute Gasteiger partial charge is 0.454 e. The number of halogens is 6.